The van der Waals surface area contributed by atoms with E-state index in [1.54, 1.807) is 0 Å². The summed E-state index contributed by atoms with van der Waals surface area (Å²) in [6.07, 6.45) is 2.89. The lowest BCUT2D eigenvalue weighted by molar-refractivity contribution is 0.709. The third-order valence-corrected chi connectivity index (χ3v) is 3.72. The maximum absolute atomic E-state index is 6.36. The molecule has 2 aromatic rings. The van der Waals surface area contributed by atoms with Crippen molar-refractivity contribution in [3.63, 3.8) is 0 Å². The van der Waals surface area contributed by atoms with Gasteiger partial charge in [-0.3, -0.25) is 4.68 Å². The number of aromatic nitrogens is 2. The van der Waals surface area contributed by atoms with Crippen molar-refractivity contribution in [2.24, 2.45) is 12.8 Å². The largest absolute Gasteiger partial charge is 0.324 e. The zero-order valence-corrected chi connectivity index (χ0v) is 12.5. The molecule has 1 aromatic heterocycles. The van der Waals surface area contributed by atoms with Crippen molar-refractivity contribution >= 4 is 0 Å². The lowest BCUT2D eigenvalue weighted by Gasteiger charge is -2.16. The minimum Gasteiger partial charge on any atom is -0.324 e. The normalized spacial score (nSPS) is 12.7. The van der Waals surface area contributed by atoms with E-state index in [2.05, 4.69) is 38.0 Å². The summed E-state index contributed by atoms with van der Waals surface area (Å²) < 4.78 is 1.83. The van der Waals surface area contributed by atoms with Gasteiger partial charge in [-0.05, 0) is 50.8 Å². The number of hydrogen-bond acceptors (Lipinski definition) is 2. The van der Waals surface area contributed by atoms with Crippen molar-refractivity contribution in [1.29, 1.82) is 0 Å². The molecule has 3 nitrogen and oxygen atoms in total. The summed E-state index contributed by atoms with van der Waals surface area (Å²) >= 11 is 0. The van der Waals surface area contributed by atoms with Gasteiger partial charge in [-0.25, -0.2) is 0 Å². The SMILES string of the molecule is Cc1cc(C)c(CC(N)c2cn(C)nc2C)c(C)c1. The maximum Gasteiger partial charge on any atom is 0.0641 e. The summed E-state index contributed by atoms with van der Waals surface area (Å²) in [5.41, 5.74) is 13.9. The molecular formula is C16H23N3. The van der Waals surface area contributed by atoms with Crippen LogP contribution in [-0.2, 0) is 13.5 Å². The maximum atomic E-state index is 6.36. The Labute approximate surface area is 115 Å². The summed E-state index contributed by atoms with van der Waals surface area (Å²) in [5.74, 6) is 0. The molecule has 2 rings (SSSR count). The van der Waals surface area contributed by atoms with Gasteiger partial charge in [0.1, 0.15) is 0 Å². The zero-order chi connectivity index (χ0) is 14.2. The highest BCUT2D eigenvalue weighted by Gasteiger charge is 2.15. The molecule has 0 aliphatic rings. The number of aryl methyl sites for hydroxylation is 5. The van der Waals surface area contributed by atoms with Gasteiger partial charge in [0.25, 0.3) is 0 Å². The van der Waals surface area contributed by atoms with Crippen molar-refractivity contribution in [2.75, 3.05) is 0 Å². The van der Waals surface area contributed by atoms with E-state index in [0.717, 1.165) is 17.7 Å². The molecule has 102 valence electrons. The van der Waals surface area contributed by atoms with Crippen LogP contribution >= 0.6 is 0 Å². The lowest BCUT2D eigenvalue weighted by atomic mass is 9.92. The highest BCUT2D eigenvalue weighted by Crippen LogP contribution is 2.24. The Morgan fingerprint density at radius 2 is 1.74 bits per heavy atom. The quantitative estimate of drug-likeness (QED) is 0.918. The van der Waals surface area contributed by atoms with Crippen molar-refractivity contribution < 1.29 is 0 Å². The average molecular weight is 257 g/mol. The molecule has 0 fully saturated rings. The molecule has 3 heteroatoms. The fourth-order valence-electron chi connectivity index (χ4n) is 2.84. The highest BCUT2D eigenvalue weighted by atomic mass is 15.2. The number of benzene rings is 1. The van der Waals surface area contributed by atoms with E-state index >= 15 is 0 Å². The second-order valence-electron chi connectivity index (χ2n) is 5.53. The van der Waals surface area contributed by atoms with Crippen LogP contribution in [0.15, 0.2) is 18.3 Å². The fraction of sp³-hybridized carbons (Fsp3) is 0.438. The van der Waals surface area contributed by atoms with Crippen LogP contribution < -0.4 is 5.73 Å². The van der Waals surface area contributed by atoms with E-state index in [-0.39, 0.29) is 6.04 Å². The molecule has 0 amide bonds. The number of rotatable bonds is 3. The van der Waals surface area contributed by atoms with Gasteiger partial charge in [-0.2, -0.15) is 5.10 Å². The Morgan fingerprint density at radius 3 is 2.21 bits per heavy atom. The van der Waals surface area contributed by atoms with E-state index in [9.17, 15) is 0 Å². The van der Waals surface area contributed by atoms with Crippen molar-refractivity contribution in [3.8, 4) is 0 Å². The van der Waals surface area contributed by atoms with E-state index in [1.165, 1.54) is 22.3 Å². The van der Waals surface area contributed by atoms with Crippen LogP contribution in [0, 0.1) is 27.7 Å². The Bertz CT molecular complexity index is 573. The molecular weight excluding hydrogens is 234 g/mol. The lowest BCUT2D eigenvalue weighted by Crippen LogP contribution is -2.15. The standard InChI is InChI=1S/C16H23N3/c1-10-6-11(2)14(12(3)7-10)8-16(17)15-9-19(5)18-13(15)4/h6-7,9,16H,8,17H2,1-5H3. The first kappa shape index (κ1) is 13.8. The van der Waals surface area contributed by atoms with Gasteiger partial charge < -0.3 is 5.73 Å². The fourth-order valence-corrected chi connectivity index (χ4v) is 2.84. The predicted molar refractivity (Wildman–Crippen MR) is 79.2 cm³/mol. The second-order valence-corrected chi connectivity index (χ2v) is 5.53. The molecule has 0 saturated carbocycles. The van der Waals surface area contributed by atoms with Crippen LogP contribution in [0.3, 0.4) is 0 Å². The Morgan fingerprint density at radius 1 is 1.16 bits per heavy atom. The van der Waals surface area contributed by atoms with Gasteiger partial charge in [-0.15, -0.1) is 0 Å². The van der Waals surface area contributed by atoms with E-state index in [0.29, 0.717) is 0 Å². The van der Waals surface area contributed by atoms with Crippen molar-refractivity contribution in [2.45, 2.75) is 40.2 Å². The van der Waals surface area contributed by atoms with E-state index in [1.807, 2.05) is 24.9 Å². The second kappa shape index (κ2) is 5.17. The van der Waals surface area contributed by atoms with Gasteiger partial charge in [-0.1, -0.05) is 17.7 Å². The molecule has 0 spiro atoms. The summed E-state index contributed by atoms with van der Waals surface area (Å²) in [6.45, 7) is 8.48. The Balaban J connectivity index is 2.29. The van der Waals surface area contributed by atoms with E-state index < -0.39 is 0 Å². The number of hydrogen-bond donors (Lipinski definition) is 1. The smallest absolute Gasteiger partial charge is 0.0641 e. The zero-order valence-electron chi connectivity index (χ0n) is 12.5. The minimum atomic E-state index is 0.00815. The monoisotopic (exact) mass is 257 g/mol. The van der Waals surface area contributed by atoms with Gasteiger partial charge in [0.2, 0.25) is 0 Å². The molecule has 0 radical (unpaired) electrons. The van der Waals surface area contributed by atoms with Gasteiger partial charge >= 0.3 is 0 Å². The van der Waals surface area contributed by atoms with Crippen LogP contribution in [0.5, 0.6) is 0 Å². The molecule has 0 saturated heterocycles. The average Bonchev–Trinajstić information content (AvgIpc) is 2.62. The number of nitrogens with zero attached hydrogens (tertiary/aromatic N) is 2. The third kappa shape index (κ3) is 2.87. The molecule has 0 aliphatic heterocycles. The summed E-state index contributed by atoms with van der Waals surface area (Å²) in [6, 6.07) is 4.46. The first-order valence-corrected chi connectivity index (χ1v) is 6.71. The van der Waals surface area contributed by atoms with Crippen molar-refractivity contribution in [1.82, 2.24) is 9.78 Å². The van der Waals surface area contributed by atoms with E-state index in [4.69, 9.17) is 5.73 Å². The highest BCUT2D eigenvalue weighted by molar-refractivity contribution is 5.39. The van der Waals surface area contributed by atoms with Gasteiger partial charge in [0, 0.05) is 24.8 Å². The van der Waals surface area contributed by atoms with Gasteiger partial charge in [0.15, 0.2) is 0 Å². The first-order valence-electron chi connectivity index (χ1n) is 6.71. The minimum absolute atomic E-state index is 0.00815. The Hall–Kier alpha value is -1.61. The summed E-state index contributed by atoms with van der Waals surface area (Å²) in [5, 5.41) is 4.37. The van der Waals surface area contributed by atoms with Crippen LogP contribution in [0.4, 0.5) is 0 Å². The molecule has 1 atom stereocenters. The van der Waals surface area contributed by atoms with Crippen molar-refractivity contribution in [3.05, 3.63) is 51.8 Å². The molecule has 19 heavy (non-hydrogen) atoms. The first-order chi connectivity index (χ1) is 8.88. The molecule has 2 N–H and O–H groups in total. The predicted octanol–water partition coefficient (Wildman–Crippen LogP) is 2.90. The Kier molecular flexibility index (Phi) is 3.76. The van der Waals surface area contributed by atoms with Crippen LogP contribution in [0.2, 0.25) is 0 Å². The molecule has 0 aliphatic carbocycles. The molecule has 1 aromatic carbocycles. The summed E-state index contributed by atoms with van der Waals surface area (Å²) in [4.78, 5) is 0. The topological polar surface area (TPSA) is 43.8 Å². The molecule has 1 unspecified atom stereocenters. The summed E-state index contributed by atoms with van der Waals surface area (Å²) in [7, 11) is 1.94. The van der Waals surface area contributed by atoms with Crippen LogP contribution in [0.25, 0.3) is 0 Å². The molecule has 1 heterocycles. The molecule has 0 bridgehead atoms. The van der Waals surface area contributed by atoms with Crippen LogP contribution in [0.1, 0.15) is 39.6 Å². The third-order valence-electron chi connectivity index (χ3n) is 3.72. The van der Waals surface area contributed by atoms with Gasteiger partial charge in [0.05, 0.1) is 5.69 Å². The van der Waals surface area contributed by atoms with Crippen LogP contribution in [-0.4, -0.2) is 9.78 Å². The number of nitrogens with two attached hydrogens (primary N) is 1.